The van der Waals surface area contributed by atoms with Crippen LogP contribution in [-0.2, 0) is 14.3 Å². The van der Waals surface area contributed by atoms with E-state index in [9.17, 15) is 14.4 Å². The molecule has 1 fully saturated rings. The van der Waals surface area contributed by atoms with Crippen LogP contribution < -0.4 is 5.32 Å². The fourth-order valence-corrected chi connectivity index (χ4v) is 4.65. The minimum atomic E-state index is -0.828. The molecule has 0 aliphatic heterocycles. The third-order valence-electron chi connectivity index (χ3n) is 6.70. The van der Waals surface area contributed by atoms with Gasteiger partial charge >= 0.3 is 12.1 Å². The highest BCUT2D eigenvalue weighted by molar-refractivity contribution is 5.86. The molecule has 0 saturated heterocycles. The number of alkyl carbamates (subject to hydrolysis) is 1. The molecular formula is C25H28N2O5. The summed E-state index contributed by atoms with van der Waals surface area (Å²) in [6.45, 7) is 2.00. The number of carbonyl (C=O) groups is 3. The van der Waals surface area contributed by atoms with Gasteiger partial charge in [-0.1, -0.05) is 55.5 Å². The van der Waals surface area contributed by atoms with Crippen LogP contribution in [0.2, 0.25) is 0 Å². The Balaban J connectivity index is 1.35. The van der Waals surface area contributed by atoms with Gasteiger partial charge in [0, 0.05) is 19.0 Å². The van der Waals surface area contributed by atoms with E-state index in [-0.39, 0.29) is 24.5 Å². The minimum absolute atomic E-state index is 0.0467. The first-order chi connectivity index (χ1) is 15.4. The molecule has 2 aliphatic carbocycles. The normalized spacial score (nSPS) is 19.8. The molecule has 0 bridgehead atoms. The molecule has 32 heavy (non-hydrogen) atoms. The smallest absolute Gasteiger partial charge is 0.407 e. The van der Waals surface area contributed by atoms with E-state index in [4.69, 9.17) is 9.84 Å². The van der Waals surface area contributed by atoms with Crippen LogP contribution in [0, 0.1) is 5.92 Å². The van der Waals surface area contributed by atoms with Crippen molar-refractivity contribution in [3.05, 3.63) is 59.7 Å². The number of nitrogens with zero attached hydrogens (tertiary/aromatic N) is 1. The van der Waals surface area contributed by atoms with Gasteiger partial charge in [-0.15, -0.1) is 0 Å². The number of fused-ring (bicyclic) bond motifs is 3. The standard InChI is InChI=1S/C25H28N2O5/c1-3-22(23(28)27(2)16-12-15(13-16)24(29)30)26-25(31)32-14-21-19-10-6-4-8-17(19)18-9-5-7-11-20(18)21/h4-11,15-16,21-22H,3,12-14H2,1-2H3,(H,26,31)(H,29,30)/t15?,16?,22-/m0/s1. The van der Waals surface area contributed by atoms with Gasteiger partial charge in [0.2, 0.25) is 5.91 Å². The second kappa shape index (κ2) is 9.02. The Morgan fingerprint density at radius 1 is 1.06 bits per heavy atom. The molecule has 7 nitrogen and oxygen atoms in total. The average Bonchev–Trinajstić information content (AvgIpc) is 3.08. The Labute approximate surface area is 187 Å². The second-order valence-corrected chi connectivity index (χ2v) is 8.54. The highest BCUT2D eigenvalue weighted by Gasteiger charge is 2.40. The molecule has 0 unspecified atom stereocenters. The van der Waals surface area contributed by atoms with Crippen molar-refractivity contribution in [2.75, 3.05) is 13.7 Å². The zero-order valence-corrected chi connectivity index (χ0v) is 18.3. The summed E-state index contributed by atoms with van der Waals surface area (Å²) in [6, 6.07) is 15.4. The van der Waals surface area contributed by atoms with Gasteiger partial charge in [-0.05, 0) is 41.5 Å². The number of carboxylic acid groups (broad SMARTS) is 1. The molecule has 2 N–H and O–H groups in total. The summed E-state index contributed by atoms with van der Waals surface area (Å²) in [5, 5.41) is 11.7. The molecule has 4 rings (SSSR count). The zero-order chi connectivity index (χ0) is 22.8. The number of carboxylic acids is 1. The molecule has 7 heteroatoms. The van der Waals surface area contributed by atoms with Crippen molar-refractivity contribution in [3.63, 3.8) is 0 Å². The third-order valence-corrected chi connectivity index (χ3v) is 6.70. The van der Waals surface area contributed by atoms with E-state index in [0.29, 0.717) is 19.3 Å². The monoisotopic (exact) mass is 436 g/mol. The average molecular weight is 437 g/mol. The van der Waals surface area contributed by atoms with Gasteiger partial charge in [0.05, 0.1) is 5.92 Å². The Morgan fingerprint density at radius 2 is 1.62 bits per heavy atom. The lowest BCUT2D eigenvalue weighted by atomic mass is 9.79. The van der Waals surface area contributed by atoms with Gasteiger partial charge < -0.3 is 20.1 Å². The molecule has 0 spiro atoms. The highest BCUT2D eigenvalue weighted by Crippen LogP contribution is 2.44. The Bertz CT molecular complexity index is 985. The minimum Gasteiger partial charge on any atom is -0.481 e. The van der Waals surface area contributed by atoms with Crippen molar-refractivity contribution in [1.29, 1.82) is 0 Å². The van der Waals surface area contributed by atoms with Crippen LogP contribution in [0.1, 0.15) is 43.2 Å². The van der Waals surface area contributed by atoms with E-state index in [1.54, 1.807) is 11.9 Å². The van der Waals surface area contributed by atoms with E-state index in [1.165, 1.54) is 0 Å². The van der Waals surface area contributed by atoms with Crippen LogP contribution in [0.25, 0.3) is 11.1 Å². The number of ether oxygens (including phenoxy) is 1. The largest absolute Gasteiger partial charge is 0.481 e. The predicted molar refractivity (Wildman–Crippen MR) is 119 cm³/mol. The third kappa shape index (κ3) is 4.07. The molecule has 168 valence electrons. The first-order valence-corrected chi connectivity index (χ1v) is 11.0. The number of hydrogen-bond acceptors (Lipinski definition) is 4. The number of hydrogen-bond donors (Lipinski definition) is 2. The summed E-state index contributed by atoms with van der Waals surface area (Å²) in [5.41, 5.74) is 4.56. The summed E-state index contributed by atoms with van der Waals surface area (Å²) in [6.07, 6.45) is 0.679. The van der Waals surface area contributed by atoms with Crippen LogP contribution in [0.5, 0.6) is 0 Å². The van der Waals surface area contributed by atoms with Crippen molar-refractivity contribution < 1.29 is 24.2 Å². The SMILES string of the molecule is CC[C@H](NC(=O)OCC1c2ccccc2-c2ccccc21)C(=O)N(C)C1CC(C(=O)O)C1. The second-order valence-electron chi connectivity index (χ2n) is 8.54. The molecule has 0 aromatic heterocycles. The molecule has 2 aromatic rings. The van der Waals surface area contributed by atoms with Crippen LogP contribution in [-0.4, -0.2) is 53.7 Å². The van der Waals surface area contributed by atoms with Crippen molar-refractivity contribution in [3.8, 4) is 11.1 Å². The number of amides is 2. The lowest BCUT2D eigenvalue weighted by Gasteiger charge is -2.40. The maximum Gasteiger partial charge on any atom is 0.407 e. The Kier molecular flexibility index (Phi) is 6.17. The topological polar surface area (TPSA) is 95.9 Å². The molecular weight excluding hydrogens is 408 g/mol. The summed E-state index contributed by atoms with van der Waals surface area (Å²) in [7, 11) is 1.66. The number of aliphatic carboxylic acids is 1. The molecule has 1 atom stereocenters. The van der Waals surface area contributed by atoms with Crippen LogP contribution in [0.3, 0.4) is 0 Å². The van der Waals surface area contributed by atoms with Crippen molar-refractivity contribution in [2.24, 2.45) is 5.92 Å². The summed E-state index contributed by atoms with van der Waals surface area (Å²) in [5.74, 6) is -1.50. The first-order valence-electron chi connectivity index (χ1n) is 11.0. The fraction of sp³-hybridized carbons (Fsp3) is 0.400. The van der Waals surface area contributed by atoms with Crippen LogP contribution >= 0.6 is 0 Å². The van der Waals surface area contributed by atoms with E-state index in [0.717, 1.165) is 22.3 Å². The molecule has 2 aliphatic rings. The van der Waals surface area contributed by atoms with Gasteiger partial charge in [-0.25, -0.2) is 4.79 Å². The molecule has 0 heterocycles. The number of nitrogens with one attached hydrogen (secondary N) is 1. The molecule has 2 amide bonds. The fourth-order valence-electron chi connectivity index (χ4n) is 4.65. The number of rotatable bonds is 7. The number of carbonyl (C=O) groups excluding carboxylic acids is 2. The number of likely N-dealkylation sites (N-methyl/N-ethyl adjacent to an activating group) is 1. The lowest BCUT2D eigenvalue weighted by molar-refractivity contribution is -0.150. The summed E-state index contributed by atoms with van der Waals surface area (Å²) < 4.78 is 5.55. The maximum absolute atomic E-state index is 12.8. The Morgan fingerprint density at radius 3 is 2.16 bits per heavy atom. The number of benzene rings is 2. The lowest BCUT2D eigenvalue weighted by Crippen LogP contribution is -2.54. The Hall–Kier alpha value is -3.35. The predicted octanol–water partition coefficient (Wildman–Crippen LogP) is 3.63. The molecule has 0 radical (unpaired) electrons. The van der Waals surface area contributed by atoms with E-state index < -0.39 is 24.0 Å². The van der Waals surface area contributed by atoms with Gasteiger partial charge in [0.1, 0.15) is 12.6 Å². The van der Waals surface area contributed by atoms with Gasteiger partial charge in [-0.2, -0.15) is 0 Å². The summed E-state index contributed by atoms with van der Waals surface area (Å²) >= 11 is 0. The zero-order valence-electron chi connectivity index (χ0n) is 18.3. The van der Waals surface area contributed by atoms with Crippen LogP contribution in [0.15, 0.2) is 48.5 Å². The quantitative estimate of drug-likeness (QED) is 0.691. The highest BCUT2D eigenvalue weighted by atomic mass is 16.5. The van der Waals surface area contributed by atoms with E-state index >= 15 is 0 Å². The van der Waals surface area contributed by atoms with Gasteiger partial charge in [0.25, 0.3) is 0 Å². The molecule has 1 saturated carbocycles. The van der Waals surface area contributed by atoms with Gasteiger partial charge in [0.15, 0.2) is 0 Å². The van der Waals surface area contributed by atoms with Crippen molar-refractivity contribution in [1.82, 2.24) is 10.2 Å². The van der Waals surface area contributed by atoms with E-state index in [1.807, 2.05) is 31.2 Å². The summed E-state index contributed by atoms with van der Waals surface area (Å²) in [4.78, 5) is 37.9. The molecule has 2 aromatic carbocycles. The van der Waals surface area contributed by atoms with E-state index in [2.05, 4.69) is 29.6 Å². The van der Waals surface area contributed by atoms with Crippen molar-refractivity contribution >= 4 is 18.0 Å². The van der Waals surface area contributed by atoms with Crippen molar-refractivity contribution in [2.45, 2.75) is 44.2 Å². The maximum atomic E-state index is 12.8. The van der Waals surface area contributed by atoms with Crippen LogP contribution in [0.4, 0.5) is 4.79 Å². The van der Waals surface area contributed by atoms with Gasteiger partial charge in [-0.3, -0.25) is 9.59 Å². The first kappa shape index (κ1) is 21.9.